The maximum absolute atomic E-state index is 12.7. The van der Waals surface area contributed by atoms with Crippen molar-refractivity contribution in [1.82, 2.24) is 4.98 Å². The molecular weight excluding hydrogens is 362 g/mol. The molecule has 0 aliphatic carbocycles. The predicted octanol–water partition coefficient (Wildman–Crippen LogP) is 5.33. The van der Waals surface area contributed by atoms with E-state index < -0.39 is 11.4 Å². The molecule has 3 rings (SSSR count). The van der Waals surface area contributed by atoms with E-state index in [4.69, 9.17) is 16.3 Å². The number of pyridine rings is 1. The molecule has 0 bridgehead atoms. The highest BCUT2D eigenvalue weighted by molar-refractivity contribution is 6.35. The molecule has 0 aliphatic rings. The molecule has 138 valence electrons. The van der Waals surface area contributed by atoms with Crippen LogP contribution in [-0.2, 0) is 9.53 Å². The third kappa shape index (κ3) is 4.17. The summed E-state index contributed by atoms with van der Waals surface area (Å²) in [4.78, 5) is 29.5. The van der Waals surface area contributed by atoms with E-state index in [0.29, 0.717) is 27.2 Å². The lowest BCUT2D eigenvalue weighted by molar-refractivity contribution is -0.129. The molecule has 0 atom stereocenters. The molecule has 0 radical (unpaired) electrons. The molecule has 0 saturated carbocycles. The topological polar surface area (TPSA) is 56.3 Å². The number of halogens is 1. The number of benzene rings is 2. The van der Waals surface area contributed by atoms with Crippen molar-refractivity contribution in [2.75, 3.05) is 6.61 Å². The van der Waals surface area contributed by atoms with Crippen LogP contribution in [0.4, 0.5) is 0 Å². The van der Waals surface area contributed by atoms with Crippen molar-refractivity contribution in [3.63, 3.8) is 0 Å². The number of ether oxygens (including phenoxy) is 1. The number of nitrogens with zero attached hydrogens (tertiary/aromatic N) is 1. The molecule has 5 heteroatoms. The zero-order valence-corrected chi connectivity index (χ0v) is 16.2. The predicted molar refractivity (Wildman–Crippen MR) is 107 cm³/mol. The number of Topliss-reactive ketones (excluding diaryl/α,β-unsaturated/α-hetero) is 1. The summed E-state index contributed by atoms with van der Waals surface area (Å²) in [5.41, 5.74) is 1.76. The van der Waals surface area contributed by atoms with Crippen molar-refractivity contribution in [3.05, 3.63) is 65.2 Å². The molecule has 27 heavy (non-hydrogen) atoms. The Balaban J connectivity index is 2.04. The molecule has 0 aliphatic heterocycles. The van der Waals surface area contributed by atoms with E-state index in [9.17, 15) is 9.59 Å². The van der Waals surface area contributed by atoms with E-state index in [-0.39, 0.29) is 12.4 Å². The van der Waals surface area contributed by atoms with Gasteiger partial charge in [0.25, 0.3) is 0 Å². The molecule has 0 unspecified atom stereocenters. The Morgan fingerprint density at radius 2 is 1.74 bits per heavy atom. The Morgan fingerprint density at radius 1 is 1.04 bits per heavy atom. The molecule has 1 heterocycles. The number of para-hydroxylation sites is 1. The summed E-state index contributed by atoms with van der Waals surface area (Å²) in [6.45, 7) is 5.10. The Kier molecular flexibility index (Phi) is 5.29. The number of hydrogen-bond acceptors (Lipinski definition) is 4. The summed E-state index contributed by atoms with van der Waals surface area (Å²) in [5.74, 6) is -0.713. The Bertz CT molecular complexity index is 1010. The van der Waals surface area contributed by atoms with Gasteiger partial charge in [-0.1, -0.05) is 74.8 Å². The number of fused-ring (bicyclic) bond motifs is 1. The third-order valence-corrected chi connectivity index (χ3v) is 4.56. The number of aromatic nitrogens is 1. The van der Waals surface area contributed by atoms with Crippen molar-refractivity contribution in [1.29, 1.82) is 0 Å². The van der Waals surface area contributed by atoms with Crippen molar-refractivity contribution in [3.8, 4) is 11.3 Å². The van der Waals surface area contributed by atoms with Gasteiger partial charge in [-0.15, -0.1) is 0 Å². The van der Waals surface area contributed by atoms with E-state index in [1.54, 1.807) is 45.0 Å². The summed E-state index contributed by atoms with van der Waals surface area (Å²) in [7, 11) is 0. The number of carbonyl (C=O) groups excluding carboxylic acids is 2. The fraction of sp³-hybridized carbons (Fsp3) is 0.227. The zero-order valence-electron chi connectivity index (χ0n) is 15.5. The maximum Gasteiger partial charge on any atom is 0.339 e. The molecule has 0 saturated heterocycles. The van der Waals surface area contributed by atoms with Gasteiger partial charge in [0.1, 0.15) is 0 Å². The standard InChI is InChI=1S/C22H20ClNO3/c1-22(2,3)19(25)13-27-21(26)16-12-18(14-8-5-4-6-9-14)24-20-15(16)10-7-11-17(20)23/h4-12H,13H2,1-3H3. The normalized spacial score (nSPS) is 11.4. The van der Waals surface area contributed by atoms with Gasteiger partial charge in [-0.2, -0.15) is 0 Å². The highest BCUT2D eigenvalue weighted by Gasteiger charge is 2.24. The Morgan fingerprint density at radius 3 is 2.41 bits per heavy atom. The third-order valence-electron chi connectivity index (χ3n) is 4.25. The van der Waals surface area contributed by atoms with Gasteiger partial charge in [-0.3, -0.25) is 4.79 Å². The van der Waals surface area contributed by atoms with Crippen LogP contribution in [0.1, 0.15) is 31.1 Å². The van der Waals surface area contributed by atoms with E-state index in [2.05, 4.69) is 4.98 Å². The number of esters is 1. The summed E-state index contributed by atoms with van der Waals surface area (Å²) in [6, 6.07) is 16.4. The summed E-state index contributed by atoms with van der Waals surface area (Å²) >= 11 is 6.31. The zero-order chi connectivity index (χ0) is 19.6. The van der Waals surface area contributed by atoms with Crippen LogP contribution in [0.15, 0.2) is 54.6 Å². The molecular formula is C22H20ClNO3. The lowest BCUT2D eigenvalue weighted by atomic mass is 9.91. The van der Waals surface area contributed by atoms with Crippen molar-refractivity contribution in [2.24, 2.45) is 5.41 Å². The summed E-state index contributed by atoms with van der Waals surface area (Å²) in [6.07, 6.45) is 0. The van der Waals surface area contributed by atoms with Crippen LogP contribution in [0.25, 0.3) is 22.2 Å². The van der Waals surface area contributed by atoms with Crippen LogP contribution in [0, 0.1) is 5.41 Å². The van der Waals surface area contributed by atoms with E-state index in [1.807, 2.05) is 30.3 Å². The average Bonchev–Trinajstić information content (AvgIpc) is 2.65. The number of rotatable bonds is 4. The molecule has 3 aromatic rings. The summed E-state index contributed by atoms with van der Waals surface area (Å²) in [5, 5.41) is 1.04. The molecule has 4 nitrogen and oxygen atoms in total. The van der Waals surface area contributed by atoms with Gasteiger partial charge in [0, 0.05) is 16.4 Å². The highest BCUT2D eigenvalue weighted by atomic mass is 35.5. The minimum atomic E-state index is -0.570. The van der Waals surface area contributed by atoms with E-state index >= 15 is 0 Å². The second kappa shape index (κ2) is 7.49. The monoisotopic (exact) mass is 381 g/mol. The van der Waals surface area contributed by atoms with Gasteiger partial charge >= 0.3 is 5.97 Å². The lowest BCUT2D eigenvalue weighted by Crippen LogP contribution is -2.26. The second-order valence-corrected chi connectivity index (χ2v) is 7.71. The second-order valence-electron chi connectivity index (χ2n) is 7.31. The number of hydrogen-bond donors (Lipinski definition) is 0. The Labute approximate surface area is 163 Å². The molecule has 0 fully saturated rings. The highest BCUT2D eigenvalue weighted by Crippen LogP contribution is 2.29. The largest absolute Gasteiger partial charge is 0.454 e. The minimum Gasteiger partial charge on any atom is -0.454 e. The first-order chi connectivity index (χ1) is 12.8. The fourth-order valence-corrected chi connectivity index (χ4v) is 2.78. The molecule has 0 amide bonds. The van der Waals surface area contributed by atoms with Crippen molar-refractivity contribution < 1.29 is 14.3 Å². The quantitative estimate of drug-likeness (QED) is 0.573. The van der Waals surface area contributed by atoms with Crippen LogP contribution in [0.3, 0.4) is 0 Å². The van der Waals surface area contributed by atoms with Crippen LogP contribution in [0.2, 0.25) is 5.02 Å². The van der Waals surface area contributed by atoms with Gasteiger partial charge in [-0.25, -0.2) is 9.78 Å². The lowest BCUT2D eigenvalue weighted by Gasteiger charge is -2.16. The first-order valence-electron chi connectivity index (χ1n) is 8.62. The van der Waals surface area contributed by atoms with Gasteiger partial charge in [0.05, 0.1) is 21.8 Å². The van der Waals surface area contributed by atoms with Crippen LogP contribution >= 0.6 is 11.6 Å². The van der Waals surface area contributed by atoms with Gasteiger partial charge in [-0.05, 0) is 12.1 Å². The molecule has 2 aromatic carbocycles. The first kappa shape index (κ1) is 19.1. The van der Waals surface area contributed by atoms with Gasteiger partial charge in [0.15, 0.2) is 12.4 Å². The molecule has 1 aromatic heterocycles. The number of carbonyl (C=O) groups is 2. The smallest absolute Gasteiger partial charge is 0.339 e. The van der Waals surface area contributed by atoms with Gasteiger partial charge in [0.2, 0.25) is 0 Å². The van der Waals surface area contributed by atoms with Crippen LogP contribution in [0.5, 0.6) is 0 Å². The average molecular weight is 382 g/mol. The van der Waals surface area contributed by atoms with Gasteiger partial charge < -0.3 is 4.74 Å². The SMILES string of the molecule is CC(C)(C)C(=O)COC(=O)c1cc(-c2ccccc2)nc2c(Cl)cccc12. The number of ketones is 1. The van der Waals surface area contributed by atoms with E-state index in [1.165, 1.54) is 0 Å². The molecule has 0 spiro atoms. The maximum atomic E-state index is 12.7. The summed E-state index contributed by atoms with van der Waals surface area (Å²) < 4.78 is 5.30. The van der Waals surface area contributed by atoms with E-state index in [0.717, 1.165) is 5.56 Å². The fourth-order valence-electron chi connectivity index (χ4n) is 2.56. The first-order valence-corrected chi connectivity index (χ1v) is 9.00. The van der Waals surface area contributed by atoms with Crippen LogP contribution in [-0.4, -0.2) is 23.3 Å². The Hall–Kier alpha value is -2.72. The minimum absolute atomic E-state index is 0.143. The van der Waals surface area contributed by atoms with Crippen molar-refractivity contribution in [2.45, 2.75) is 20.8 Å². The van der Waals surface area contributed by atoms with Crippen LogP contribution < -0.4 is 0 Å². The van der Waals surface area contributed by atoms with Crippen molar-refractivity contribution >= 4 is 34.3 Å². The molecule has 0 N–H and O–H groups in total.